The zero-order valence-corrected chi connectivity index (χ0v) is 9.73. The molecule has 0 saturated carbocycles. The van der Waals surface area contributed by atoms with Gasteiger partial charge in [-0.05, 0) is 33.6 Å². The van der Waals surface area contributed by atoms with Crippen LogP contribution in [0, 0.1) is 0 Å². The molecule has 0 aliphatic heterocycles. The first kappa shape index (κ1) is 13.4. The average Bonchev–Trinajstić information content (AvgIpc) is 1.95. The van der Waals surface area contributed by atoms with Gasteiger partial charge in [0, 0.05) is 6.42 Å². The van der Waals surface area contributed by atoms with Crippen molar-refractivity contribution >= 4 is 15.8 Å². The largest absolute Gasteiger partial charge is 0.481 e. The van der Waals surface area contributed by atoms with Gasteiger partial charge in [0.25, 0.3) is 0 Å². The predicted molar refractivity (Wildman–Crippen MR) is 55.0 cm³/mol. The van der Waals surface area contributed by atoms with Crippen LogP contribution in [0.5, 0.6) is 0 Å². The second-order valence-corrected chi connectivity index (χ2v) is 7.14. The summed E-state index contributed by atoms with van der Waals surface area (Å²) in [5.41, 5.74) is 0. The van der Waals surface area contributed by atoms with Crippen molar-refractivity contribution < 1.29 is 18.3 Å². The van der Waals surface area contributed by atoms with Crippen LogP contribution in [0.1, 0.15) is 40.0 Å². The lowest BCUT2D eigenvalue weighted by Crippen LogP contribution is -2.30. The lowest BCUT2D eigenvalue weighted by molar-refractivity contribution is -0.137. The molecular formula is C9H18O4S. The lowest BCUT2D eigenvalue weighted by atomic mass is 10.2. The fourth-order valence-corrected chi connectivity index (χ4v) is 2.07. The average molecular weight is 222 g/mol. The molecule has 0 heterocycles. The zero-order chi connectivity index (χ0) is 11.4. The molecule has 1 N–H and O–H groups in total. The molecule has 0 rings (SSSR count). The highest BCUT2D eigenvalue weighted by atomic mass is 32.2. The molecule has 0 fully saturated rings. The number of hydrogen-bond donors (Lipinski definition) is 1. The molecular weight excluding hydrogens is 204 g/mol. The smallest absolute Gasteiger partial charge is 0.303 e. The lowest BCUT2D eigenvalue weighted by Gasteiger charge is -2.18. The molecule has 5 heteroatoms. The third-order valence-corrected chi connectivity index (χ3v) is 4.68. The first-order valence-corrected chi connectivity index (χ1v) is 6.26. The molecule has 4 nitrogen and oxygen atoms in total. The topological polar surface area (TPSA) is 71.4 Å². The van der Waals surface area contributed by atoms with Gasteiger partial charge in [-0.2, -0.15) is 0 Å². The Morgan fingerprint density at radius 1 is 1.21 bits per heavy atom. The normalized spacial score (nSPS) is 12.8. The molecule has 0 aliphatic rings. The van der Waals surface area contributed by atoms with Crippen LogP contribution in [0.25, 0.3) is 0 Å². The van der Waals surface area contributed by atoms with Gasteiger partial charge in [-0.25, -0.2) is 8.42 Å². The van der Waals surface area contributed by atoms with E-state index >= 15 is 0 Å². The van der Waals surface area contributed by atoms with Gasteiger partial charge in [-0.1, -0.05) is 0 Å². The van der Waals surface area contributed by atoms with Gasteiger partial charge in [-0.15, -0.1) is 0 Å². The Kier molecular flexibility index (Phi) is 4.58. The van der Waals surface area contributed by atoms with E-state index in [4.69, 9.17) is 5.11 Å². The summed E-state index contributed by atoms with van der Waals surface area (Å²) >= 11 is 0. The Balaban J connectivity index is 3.97. The van der Waals surface area contributed by atoms with Crippen molar-refractivity contribution in [2.45, 2.75) is 44.8 Å². The van der Waals surface area contributed by atoms with Gasteiger partial charge in [0.15, 0.2) is 9.84 Å². The summed E-state index contributed by atoms with van der Waals surface area (Å²) in [4.78, 5) is 10.2. The molecule has 0 atom stereocenters. The van der Waals surface area contributed by atoms with Crippen LogP contribution >= 0.6 is 0 Å². The Bertz CT molecular complexity index is 284. The molecule has 0 saturated heterocycles. The van der Waals surface area contributed by atoms with Crippen molar-refractivity contribution in [3.8, 4) is 0 Å². The number of sulfone groups is 1. The predicted octanol–water partition coefficient (Wildman–Crippen LogP) is 1.45. The molecule has 0 radical (unpaired) electrons. The molecule has 0 bridgehead atoms. The highest BCUT2D eigenvalue weighted by Gasteiger charge is 2.27. The minimum absolute atomic E-state index is 0.0413. The highest BCUT2D eigenvalue weighted by Crippen LogP contribution is 2.17. The van der Waals surface area contributed by atoms with Gasteiger partial charge < -0.3 is 5.11 Å². The van der Waals surface area contributed by atoms with E-state index < -0.39 is 20.6 Å². The summed E-state index contributed by atoms with van der Waals surface area (Å²) in [5, 5.41) is 8.35. The van der Waals surface area contributed by atoms with E-state index in [0.717, 1.165) is 0 Å². The number of carboxylic acids is 1. The Morgan fingerprint density at radius 2 is 1.71 bits per heavy atom. The standard InChI is InChI=1S/C9H18O4S/c1-9(2,3)14(12,13)7-5-4-6-8(10)11/h4-7H2,1-3H3,(H,10,11). The van der Waals surface area contributed by atoms with E-state index in [1.54, 1.807) is 20.8 Å². The number of aliphatic carboxylic acids is 1. The van der Waals surface area contributed by atoms with Crippen LogP contribution in [0.3, 0.4) is 0 Å². The highest BCUT2D eigenvalue weighted by molar-refractivity contribution is 7.92. The van der Waals surface area contributed by atoms with Crippen molar-refractivity contribution in [3.05, 3.63) is 0 Å². The molecule has 14 heavy (non-hydrogen) atoms. The van der Waals surface area contributed by atoms with Crippen molar-refractivity contribution in [1.82, 2.24) is 0 Å². The number of hydrogen-bond acceptors (Lipinski definition) is 3. The van der Waals surface area contributed by atoms with Crippen LogP contribution in [0.2, 0.25) is 0 Å². The molecule has 0 aromatic heterocycles. The summed E-state index contributed by atoms with van der Waals surface area (Å²) in [5.74, 6) is -0.804. The number of unbranched alkanes of at least 4 members (excludes halogenated alkanes) is 1. The maximum absolute atomic E-state index is 11.5. The fraction of sp³-hybridized carbons (Fsp3) is 0.889. The number of carboxylic acid groups (broad SMARTS) is 1. The minimum atomic E-state index is -3.09. The second-order valence-electron chi connectivity index (χ2n) is 4.28. The van der Waals surface area contributed by atoms with Gasteiger partial charge in [-0.3, -0.25) is 4.79 Å². The third-order valence-electron chi connectivity index (χ3n) is 1.99. The van der Waals surface area contributed by atoms with Gasteiger partial charge in [0.2, 0.25) is 0 Å². The minimum Gasteiger partial charge on any atom is -0.481 e. The van der Waals surface area contributed by atoms with E-state index in [2.05, 4.69) is 0 Å². The van der Waals surface area contributed by atoms with Crippen LogP contribution < -0.4 is 0 Å². The molecule has 0 unspecified atom stereocenters. The maximum Gasteiger partial charge on any atom is 0.303 e. The van der Waals surface area contributed by atoms with Crippen LogP contribution in [-0.2, 0) is 14.6 Å². The summed E-state index contributed by atoms with van der Waals surface area (Å²) in [7, 11) is -3.09. The van der Waals surface area contributed by atoms with Gasteiger partial charge in [0.1, 0.15) is 0 Å². The van der Waals surface area contributed by atoms with E-state index in [1.807, 2.05) is 0 Å². The quantitative estimate of drug-likeness (QED) is 0.715. The second kappa shape index (κ2) is 4.77. The molecule has 0 amide bonds. The molecule has 84 valence electrons. The first-order chi connectivity index (χ1) is 6.17. The van der Waals surface area contributed by atoms with Crippen molar-refractivity contribution in [3.63, 3.8) is 0 Å². The molecule has 0 aromatic rings. The monoisotopic (exact) mass is 222 g/mol. The van der Waals surface area contributed by atoms with E-state index in [1.165, 1.54) is 0 Å². The van der Waals surface area contributed by atoms with Crippen LogP contribution in [0.15, 0.2) is 0 Å². The van der Waals surface area contributed by atoms with Crippen molar-refractivity contribution in [2.75, 3.05) is 5.75 Å². The summed E-state index contributed by atoms with van der Waals surface area (Å²) in [6.07, 6.45) is 0.885. The SMILES string of the molecule is CC(C)(C)S(=O)(=O)CCCCC(=O)O. The van der Waals surface area contributed by atoms with Crippen molar-refractivity contribution in [1.29, 1.82) is 0 Å². The zero-order valence-electron chi connectivity index (χ0n) is 8.91. The number of carbonyl (C=O) groups is 1. The third kappa shape index (κ3) is 4.60. The van der Waals surface area contributed by atoms with E-state index in [-0.39, 0.29) is 12.2 Å². The van der Waals surface area contributed by atoms with Crippen LogP contribution in [-0.4, -0.2) is 30.0 Å². The Labute approximate surface area is 85.2 Å². The molecule has 0 aliphatic carbocycles. The van der Waals surface area contributed by atoms with Crippen molar-refractivity contribution in [2.24, 2.45) is 0 Å². The van der Waals surface area contributed by atoms with Crippen LogP contribution in [0.4, 0.5) is 0 Å². The number of rotatable bonds is 5. The summed E-state index contributed by atoms with van der Waals surface area (Å²) in [6, 6.07) is 0. The molecule has 0 spiro atoms. The van der Waals surface area contributed by atoms with Gasteiger partial charge in [0.05, 0.1) is 10.5 Å². The maximum atomic E-state index is 11.5. The fourth-order valence-electron chi connectivity index (χ4n) is 0.874. The molecule has 0 aromatic carbocycles. The Morgan fingerprint density at radius 3 is 2.07 bits per heavy atom. The summed E-state index contributed by atoms with van der Waals surface area (Å²) in [6.45, 7) is 4.96. The van der Waals surface area contributed by atoms with E-state index in [0.29, 0.717) is 12.8 Å². The Hall–Kier alpha value is -0.580. The van der Waals surface area contributed by atoms with Gasteiger partial charge >= 0.3 is 5.97 Å². The van der Waals surface area contributed by atoms with E-state index in [9.17, 15) is 13.2 Å². The first-order valence-electron chi connectivity index (χ1n) is 4.61. The summed E-state index contributed by atoms with van der Waals surface area (Å²) < 4.78 is 22.4.